The van der Waals surface area contributed by atoms with Crippen molar-refractivity contribution in [2.45, 2.75) is 58.4 Å². The number of benzene rings is 1. The van der Waals surface area contributed by atoms with Gasteiger partial charge in [0.15, 0.2) is 0 Å². The van der Waals surface area contributed by atoms with E-state index in [0.717, 1.165) is 25.8 Å². The molecule has 0 aliphatic carbocycles. The predicted octanol–water partition coefficient (Wildman–Crippen LogP) is 4.60. The molecule has 0 radical (unpaired) electrons. The fraction of sp³-hybridized carbons (Fsp3) is 0.591. The molecule has 1 aromatic carbocycles. The lowest BCUT2D eigenvalue weighted by atomic mass is 9.65. The number of nitrogens with one attached hydrogen (secondary N) is 1. The average molecular weight is 354 g/mol. The van der Waals surface area contributed by atoms with E-state index in [1.165, 1.54) is 41.5 Å². The van der Waals surface area contributed by atoms with E-state index in [-0.39, 0.29) is 11.4 Å². The van der Waals surface area contributed by atoms with Crippen LogP contribution in [0.25, 0.3) is 10.9 Å². The summed E-state index contributed by atoms with van der Waals surface area (Å²) in [5, 5.41) is 1.38. The summed E-state index contributed by atoms with van der Waals surface area (Å²) in [6, 6.07) is 9.07. The second-order valence-electron chi connectivity index (χ2n) is 7.88. The van der Waals surface area contributed by atoms with Crippen molar-refractivity contribution in [1.29, 1.82) is 0 Å². The minimum Gasteiger partial charge on any atom is -0.466 e. The molecular formula is C22H30N2O2. The van der Waals surface area contributed by atoms with Gasteiger partial charge in [0.25, 0.3) is 0 Å². The molecule has 2 aliphatic heterocycles. The van der Waals surface area contributed by atoms with Gasteiger partial charge in [-0.25, -0.2) is 0 Å². The Bertz CT molecular complexity index is 797. The second-order valence-corrected chi connectivity index (χ2v) is 7.88. The van der Waals surface area contributed by atoms with Crippen LogP contribution >= 0.6 is 0 Å². The number of hydrogen-bond donors (Lipinski definition) is 1. The zero-order valence-electron chi connectivity index (χ0n) is 16.0. The molecule has 0 spiro atoms. The summed E-state index contributed by atoms with van der Waals surface area (Å²) < 4.78 is 5.22. The van der Waals surface area contributed by atoms with E-state index in [0.29, 0.717) is 19.1 Å². The molecule has 0 unspecified atom stereocenters. The van der Waals surface area contributed by atoms with E-state index in [4.69, 9.17) is 4.74 Å². The highest BCUT2D eigenvalue weighted by atomic mass is 16.5. The first kappa shape index (κ1) is 17.6. The van der Waals surface area contributed by atoms with Crippen molar-refractivity contribution in [3.8, 4) is 0 Å². The standard InChI is InChI=1S/C22H30N2O2/c1-3-22(13-10-19(25)26-4-2)12-7-14-24-15-11-17-16-8-5-6-9-18(16)23-20(17)21(22)24/h5-6,8-9,21,23H,3-4,7,10-15H2,1-2H3/t21-,22-/m1/s1. The monoisotopic (exact) mass is 354 g/mol. The van der Waals surface area contributed by atoms with Crippen molar-refractivity contribution < 1.29 is 9.53 Å². The van der Waals surface area contributed by atoms with Gasteiger partial charge in [-0.2, -0.15) is 0 Å². The summed E-state index contributed by atoms with van der Waals surface area (Å²) >= 11 is 0. The normalized spacial score (nSPS) is 25.7. The van der Waals surface area contributed by atoms with Gasteiger partial charge in [0.2, 0.25) is 0 Å². The number of esters is 1. The molecule has 1 fully saturated rings. The number of carbonyl (C=O) groups excluding carboxylic acids is 1. The van der Waals surface area contributed by atoms with Crippen LogP contribution in [-0.2, 0) is 16.0 Å². The van der Waals surface area contributed by atoms with Crippen LogP contribution in [0.5, 0.6) is 0 Å². The first-order valence-electron chi connectivity index (χ1n) is 10.2. The molecule has 2 aliphatic rings. The Morgan fingerprint density at radius 1 is 1.31 bits per heavy atom. The van der Waals surface area contributed by atoms with Gasteiger partial charge in [-0.1, -0.05) is 25.1 Å². The number of ether oxygens (including phenoxy) is 1. The van der Waals surface area contributed by atoms with Crippen LogP contribution in [-0.4, -0.2) is 35.5 Å². The lowest BCUT2D eigenvalue weighted by Crippen LogP contribution is -2.49. The molecule has 0 amide bonds. The van der Waals surface area contributed by atoms with E-state index in [2.05, 4.69) is 41.1 Å². The SMILES string of the molecule is CCOC(=O)CC[C@@]1(CC)CCCN2CCc3c([nH]c4ccccc34)[C@@H]21. The zero-order chi connectivity index (χ0) is 18.1. The summed E-state index contributed by atoms with van der Waals surface area (Å²) in [6.07, 6.45) is 6.08. The summed E-state index contributed by atoms with van der Waals surface area (Å²) in [5.74, 6) is -0.0508. The third kappa shape index (κ3) is 2.84. The van der Waals surface area contributed by atoms with E-state index in [1.807, 2.05) is 6.92 Å². The number of rotatable bonds is 5. The quantitative estimate of drug-likeness (QED) is 0.798. The number of piperidine rings is 1. The minimum atomic E-state index is -0.0508. The third-order valence-corrected chi connectivity index (χ3v) is 6.67. The molecule has 2 aromatic rings. The van der Waals surface area contributed by atoms with Crippen LogP contribution in [0.15, 0.2) is 24.3 Å². The van der Waals surface area contributed by atoms with Crippen molar-refractivity contribution in [2.75, 3.05) is 19.7 Å². The predicted molar refractivity (Wildman–Crippen MR) is 104 cm³/mol. The zero-order valence-corrected chi connectivity index (χ0v) is 16.0. The Hall–Kier alpha value is -1.81. The van der Waals surface area contributed by atoms with E-state index in [9.17, 15) is 4.79 Å². The smallest absolute Gasteiger partial charge is 0.305 e. The fourth-order valence-corrected chi connectivity index (χ4v) is 5.39. The molecule has 0 bridgehead atoms. The number of hydrogen-bond acceptors (Lipinski definition) is 3. The molecule has 3 heterocycles. The Balaban J connectivity index is 1.72. The Morgan fingerprint density at radius 3 is 2.96 bits per heavy atom. The number of carbonyl (C=O) groups is 1. The molecule has 1 aromatic heterocycles. The Kier molecular flexibility index (Phi) is 4.78. The highest BCUT2D eigenvalue weighted by Gasteiger charge is 2.47. The highest BCUT2D eigenvalue weighted by molar-refractivity contribution is 5.85. The lowest BCUT2D eigenvalue weighted by Gasteiger charge is -2.52. The lowest BCUT2D eigenvalue weighted by molar-refractivity contribution is -0.144. The minimum absolute atomic E-state index is 0.0508. The largest absolute Gasteiger partial charge is 0.466 e. The molecule has 26 heavy (non-hydrogen) atoms. The molecular weight excluding hydrogens is 324 g/mol. The Labute approximate surface area is 155 Å². The van der Waals surface area contributed by atoms with Crippen molar-refractivity contribution in [3.05, 3.63) is 35.5 Å². The van der Waals surface area contributed by atoms with Crippen molar-refractivity contribution in [2.24, 2.45) is 5.41 Å². The topological polar surface area (TPSA) is 45.3 Å². The van der Waals surface area contributed by atoms with Gasteiger partial charge in [0.05, 0.1) is 12.6 Å². The van der Waals surface area contributed by atoms with E-state index in [1.54, 1.807) is 0 Å². The number of para-hydroxylation sites is 1. The Morgan fingerprint density at radius 2 is 2.15 bits per heavy atom. The van der Waals surface area contributed by atoms with Gasteiger partial charge < -0.3 is 9.72 Å². The molecule has 140 valence electrons. The fourth-order valence-electron chi connectivity index (χ4n) is 5.39. The molecule has 1 saturated heterocycles. The average Bonchev–Trinajstić information content (AvgIpc) is 3.05. The summed E-state index contributed by atoms with van der Waals surface area (Å²) in [7, 11) is 0. The van der Waals surface area contributed by atoms with Crippen LogP contribution in [0.4, 0.5) is 0 Å². The van der Waals surface area contributed by atoms with Gasteiger partial charge in [-0.15, -0.1) is 0 Å². The van der Waals surface area contributed by atoms with Gasteiger partial charge >= 0.3 is 5.97 Å². The second kappa shape index (κ2) is 7.07. The van der Waals surface area contributed by atoms with Crippen molar-refractivity contribution in [3.63, 3.8) is 0 Å². The van der Waals surface area contributed by atoms with Gasteiger partial charge in [0.1, 0.15) is 0 Å². The van der Waals surface area contributed by atoms with Crippen LogP contribution in [0.2, 0.25) is 0 Å². The van der Waals surface area contributed by atoms with Crippen molar-refractivity contribution >= 4 is 16.9 Å². The van der Waals surface area contributed by atoms with Crippen LogP contribution in [0.1, 0.15) is 63.3 Å². The molecule has 0 saturated carbocycles. The number of aromatic amines is 1. The summed E-state index contributed by atoms with van der Waals surface area (Å²) in [5.41, 5.74) is 4.31. The highest BCUT2D eigenvalue weighted by Crippen LogP contribution is 2.53. The molecule has 2 atom stereocenters. The molecule has 1 N–H and O–H groups in total. The van der Waals surface area contributed by atoms with Crippen LogP contribution in [0.3, 0.4) is 0 Å². The third-order valence-electron chi connectivity index (χ3n) is 6.67. The summed E-state index contributed by atoms with van der Waals surface area (Å²) in [6.45, 7) is 6.94. The number of nitrogens with zero attached hydrogens (tertiary/aromatic N) is 1. The molecule has 4 nitrogen and oxygen atoms in total. The maximum Gasteiger partial charge on any atom is 0.305 e. The van der Waals surface area contributed by atoms with Crippen LogP contribution in [0, 0.1) is 5.41 Å². The molecule has 4 heteroatoms. The number of fused-ring (bicyclic) bond motifs is 5. The maximum atomic E-state index is 12.0. The van der Waals surface area contributed by atoms with Gasteiger partial charge in [-0.3, -0.25) is 9.69 Å². The first-order valence-corrected chi connectivity index (χ1v) is 10.2. The van der Waals surface area contributed by atoms with Gasteiger partial charge in [-0.05, 0) is 62.6 Å². The molecule has 4 rings (SSSR count). The van der Waals surface area contributed by atoms with E-state index >= 15 is 0 Å². The van der Waals surface area contributed by atoms with Crippen molar-refractivity contribution in [1.82, 2.24) is 9.88 Å². The number of aromatic nitrogens is 1. The first-order chi connectivity index (χ1) is 12.7. The maximum absolute atomic E-state index is 12.0. The van der Waals surface area contributed by atoms with Crippen LogP contribution < -0.4 is 0 Å². The van der Waals surface area contributed by atoms with E-state index < -0.39 is 0 Å². The number of H-pyrrole nitrogens is 1. The summed E-state index contributed by atoms with van der Waals surface area (Å²) in [4.78, 5) is 18.5. The van der Waals surface area contributed by atoms with Gasteiger partial charge in [0, 0.05) is 29.6 Å².